The summed E-state index contributed by atoms with van der Waals surface area (Å²) in [5, 5.41) is 3.10. The fraction of sp³-hybridized carbons (Fsp3) is 0.125. The van der Waals surface area contributed by atoms with Gasteiger partial charge in [-0.05, 0) is 36.8 Å². The third-order valence-electron chi connectivity index (χ3n) is 3.08. The molecular formula is C16H14N4O2S. The molecule has 1 aromatic carbocycles. The number of pyridine rings is 1. The van der Waals surface area contributed by atoms with Gasteiger partial charge < -0.3 is 5.32 Å². The molecule has 0 aliphatic rings. The molecule has 2 aromatic heterocycles. The number of fused-ring (bicyclic) bond motifs is 1. The second kappa shape index (κ2) is 6.62. The molecule has 0 saturated heterocycles. The Bertz CT molecular complexity index is 923. The average Bonchev–Trinajstić information content (AvgIpc) is 2.53. The van der Waals surface area contributed by atoms with Gasteiger partial charge in [-0.1, -0.05) is 30.0 Å². The van der Waals surface area contributed by atoms with Crippen LogP contribution in [-0.4, -0.2) is 26.0 Å². The van der Waals surface area contributed by atoms with Crippen molar-refractivity contribution in [1.29, 1.82) is 0 Å². The maximum absolute atomic E-state index is 12.0. The molecule has 0 atom stereocenters. The lowest BCUT2D eigenvalue weighted by molar-refractivity contribution is -0.113. The van der Waals surface area contributed by atoms with Crippen LogP contribution in [0.3, 0.4) is 0 Å². The Labute approximate surface area is 136 Å². The number of rotatable bonds is 4. The highest BCUT2D eigenvalue weighted by atomic mass is 32.2. The zero-order valence-electron chi connectivity index (χ0n) is 12.4. The highest BCUT2D eigenvalue weighted by Crippen LogP contribution is 2.14. The highest BCUT2D eigenvalue weighted by molar-refractivity contribution is 7.99. The van der Waals surface area contributed by atoms with E-state index in [-0.39, 0.29) is 11.7 Å². The number of thioether (sulfide) groups is 1. The molecule has 116 valence electrons. The van der Waals surface area contributed by atoms with Crippen molar-refractivity contribution in [2.45, 2.75) is 12.1 Å². The molecule has 3 rings (SSSR count). The number of nitrogens with one attached hydrogen (secondary N) is 1. The first-order chi connectivity index (χ1) is 11.1. The van der Waals surface area contributed by atoms with Gasteiger partial charge in [0.1, 0.15) is 5.65 Å². The molecule has 1 N–H and O–H groups in total. The van der Waals surface area contributed by atoms with Crippen molar-refractivity contribution >= 4 is 29.0 Å². The zero-order valence-corrected chi connectivity index (χ0v) is 13.2. The normalized spacial score (nSPS) is 10.7. The van der Waals surface area contributed by atoms with E-state index in [0.717, 1.165) is 23.0 Å². The lowest BCUT2D eigenvalue weighted by Crippen LogP contribution is -2.20. The Morgan fingerprint density at radius 3 is 2.91 bits per heavy atom. The van der Waals surface area contributed by atoms with Gasteiger partial charge in [0.05, 0.1) is 5.75 Å². The number of nitrogens with zero attached hydrogens (tertiary/aromatic N) is 3. The third-order valence-corrected chi connectivity index (χ3v) is 3.93. The van der Waals surface area contributed by atoms with Crippen molar-refractivity contribution in [1.82, 2.24) is 14.4 Å². The molecule has 7 heteroatoms. The van der Waals surface area contributed by atoms with Crippen LogP contribution in [0.1, 0.15) is 5.56 Å². The zero-order chi connectivity index (χ0) is 16.2. The Kier molecular flexibility index (Phi) is 4.38. The van der Waals surface area contributed by atoms with Crippen molar-refractivity contribution < 1.29 is 4.79 Å². The predicted octanol–water partition coefficient (Wildman–Crippen LogP) is 2.13. The molecule has 0 fully saturated rings. The summed E-state index contributed by atoms with van der Waals surface area (Å²) in [5.74, 6) is -0.0337. The topological polar surface area (TPSA) is 76.4 Å². The van der Waals surface area contributed by atoms with E-state index in [0.29, 0.717) is 10.8 Å². The number of anilines is 1. The van der Waals surface area contributed by atoms with E-state index >= 15 is 0 Å². The summed E-state index contributed by atoms with van der Waals surface area (Å²) in [5.41, 5.74) is 1.92. The maximum Gasteiger partial charge on any atom is 0.355 e. The summed E-state index contributed by atoms with van der Waals surface area (Å²) in [6.45, 7) is 1.96. The van der Waals surface area contributed by atoms with Gasteiger partial charge in [-0.2, -0.15) is 4.98 Å². The number of hydrogen-bond acceptors (Lipinski definition) is 5. The predicted molar refractivity (Wildman–Crippen MR) is 89.8 cm³/mol. The van der Waals surface area contributed by atoms with E-state index in [4.69, 9.17) is 0 Å². The van der Waals surface area contributed by atoms with Crippen molar-refractivity contribution in [3.8, 4) is 0 Å². The van der Waals surface area contributed by atoms with Gasteiger partial charge in [0.25, 0.3) is 0 Å². The van der Waals surface area contributed by atoms with Gasteiger partial charge in [0.2, 0.25) is 5.91 Å². The minimum atomic E-state index is -0.405. The fourth-order valence-corrected chi connectivity index (χ4v) is 2.69. The van der Waals surface area contributed by atoms with E-state index in [1.165, 1.54) is 4.40 Å². The van der Waals surface area contributed by atoms with Crippen LogP contribution in [0.2, 0.25) is 0 Å². The molecule has 0 radical (unpaired) electrons. The second-order valence-electron chi connectivity index (χ2n) is 4.92. The van der Waals surface area contributed by atoms with Crippen LogP contribution >= 0.6 is 11.8 Å². The smallest absolute Gasteiger partial charge is 0.325 e. The molecule has 0 aliphatic heterocycles. The van der Waals surface area contributed by atoms with Gasteiger partial charge in [-0.3, -0.25) is 9.20 Å². The molecular weight excluding hydrogens is 312 g/mol. The minimum absolute atomic E-state index is 0.135. The van der Waals surface area contributed by atoms with E-state index in [9.17, 15) is 9.59 Å². The minimum Gasteiger partial charge on any atom is -0.325 e. The van der Waals surface area contributed by atoms with Gasteiger partial charge in [0.15, 0.2) is 5.16 Å². The Morgan fingerprint density at radius 2 is 2.09 bits per heavy atom. The quantitative estimate of drug-likeness (QED) is 0.743. The van der Waals surface area contributed by atoms with Crippen molar-refractivity contribution in [2.75, 3.05) is 11.1 Å². The Balaban J connectivity index is 1.68. The van der Waals surface area contributed by atoms with Crippen LogP contribution in [0.4, 0.5) is 5.69 Å². The summed E-state index contributed by atoms with van der Waals surface area (Å²) >= 11 is 1.13. The van der Waals surface area contributed by atoms with Gasteiger partial charge in [-0.15, -0.1) is 0 Å². The number of aryl methyl sites for hydroxylation is 1. The standard InChI is InChI=1S/C16H14N4O2S/c1-11-5-4-6-12(9-11)17-14(21)10-23-15-18-13-7-2-3-8-20(13)16(22)19-15/h2-9H,10H2,1H3,(H,17,21). The van der Waals surface area contributed by atoms with Crippen molar-refractivity contribution in [2.24, 2.45) is 0 Å². The van der Waals surface area contributed by atoms with Crippen LogP contribution in [0.5, 0.6) is 0 Å². The SMILES string of the molecule is Cc1cccc(NC(=O)CSc2nc(=O)n3ccccc3n2)c1. The van der Waals surface area contributed by atoms with Crippen LogP contribution in [-0.2, 0) is 4.79 Å². The summed E-state index contributed by atoms with van der Waals surface area (Å²) in [6, 6.07) is 12.8. The van der Waals surface area contributed by atoms with E-state index in [1.54, 1.807) is 24.4 Å². The van der Waals surface area contributed by atoms with E-state index in [2.05, 4.69) is 15.3 Å². The largest absolute Gasteiger partial charge is 0.355 e. The van der Waals surface area contributed by atoms with Gasteiger partial charge >= 0.3 is 5.69 Å². The second-order valence-corrected chi connectivity index (χ2v) is 5.87. The van der Waals surface area contributed by atoms with Crippen molar-refractivity contribution in [3.05, 3.63) is 64.7 Å². The van der Waals surface area contributed by atoms with Crippen LogP contribution in [0.15, 0.2) is 58.6 Å². The Hall–Kier alpha value is -2.67. The van der Waals surface area contributed by atoms with Crippen LogP contribution in [0, 0.1) is 6.92 Å². The molecule has 0 spiro atoms. The van der Waals surface area contributed by atoms with Crippen molar-refractivity contribution in [3.63, 3.8) is 0 Å². The summed E-state index contributed by atoms with van der Waals surface area (Å²) in [4.78, 5) is 32.0. The first-order valence-corrected chi connectivity index (χ1v) is 7.95. The number of aromatic nitrogens is 3. The molecule has 0 aliphatic carbocycles. The molecule has 0 bridgehead atoms. The monoisotopic (exact) mass is 326 g/mol. The highest BCUT2D eigenvalue weighted by Gasteiger charge is 2.08. The maximum atomic E-state index is 12.0. The molecule has 0 saturated carbocycles. The summed E-state index contributed by atoms with van der Waals surface area (Å²) in [6.07, 6.45) is 1.61. The molecule has 0 unspecified atom stereocenters. The fourth-order valence-electron chi connectivity index (χ4n) is 2.06. The number of amides is 1. The molecule has 23 heavy (non-hydrogen) atoms. The summed E-state index contributed by atoms with van der Waals surface area (Å²) in [7, 11) is 0. The number of hydrogen-bond donors (Lipinski definition) is 1. The number of benzene rings is 1. The van der Waals surface area contributed by atoms with E-state index < -0.39 is 5.69 Å². The molecule has 3 aromatic rings. The number of carbonyl (C=O) groups excluding carboxylic acids is 1. The Morgan fingerprint density at radius 1 is 1.22 bits per heavy atom. The average molecular weight is 326 g/mol. The van der Waals surface area contributed by atoms with Crippen LogP contribution < -0.4 is 11.0 Å². The lowest BCUT2D eigenvalue weighted by Gasteiger charge is -2.05. The molecule has 2 heterocycles. The first kappa shape index (κ1) is 15.2. The lowest BCUT2D eigenvalue weighted by atomic mass is 10.2. The summed E-state index contributed by atoms with van der Waals surface area (Å²) < 4.78 is 1.36. The van der Waals surface area contributed by atoms with Crippen LogP contribution in [0.25, 0.3) is 5.65 Å². The number of carbonyl (C=O) groups is 1. The van der Waals surface area contributed by atoms with Gasteiger partial charge in [0, 0.05) is 11.9 Å². The molecule has 6 nitrogen and oxygen atoms in total. The molecule has 1 amide bonds. The first-order valence-electron chi connectivity index (χ1n) is 6.96. The van der Waals surface area contributed by atoms with E-state index in [1.807, 2.05) is 31.2 Å². The third kappa shape index (κ3) is 3.75. The van der Waals surface area contributed by atoms with Gasteiger partial charge in [-0.25, -0.2) is 9.78 Å².